The van der Waals surface area contributed by atoms with Crippen molar-refractivity contribution >= 4 is 0 Å². The molecule has 1 aliphatic heterocycles. The van der Waals surface area contributed by atoms with E-state index >= 15 is 0 Å². The van der Waals surface area contributed by atoms with Crippen molar-refractivity contribution in [2.45, 2.75) is 20.3 Å². The van der Waals surface area contributed by atoms with Crippen LogP contribution in [0, 0.1) is 19.9 Å². The Labute approximate surface area is 107 Å². The molecule has 0 unspecified atom stereocenters. The summed E-state index contributed by atoms with van der Waals surface area (Å²) in [6.07, 6.45) is 2.71. The molecule has 0 fully saturated rings. The molecule has 1 aliphatic carbocycles. The van der Waals surface area contributed by atoms with E-state index in [1.54, 1.807) is 6.26 Å². The topological polar surface area (TPSA) is 13.1 Å². The number of rotatable bonds is 2. The summed E-state index contributed by atoms with van der Waals surface area (Å²) < 4.78 is 5.66. The minimum atomic E-state index is 0.907. The van der Waals surface area contributed by atoms with Crippen molar-refractivity contribution in [3.8, 4) is 11.3 Å². The van der Waals surface area contributed by atoms with Crippen LogP contribution in [-0.4, -0.2) is 0 Å². The molecule has 0 atom stereocenters. The van der Waals surface area contributed by atoms with E-state index < -0.39 is 0 Å². The molecule has 0 saturated heterocycles. The number of aryl methyl sites for hydroxylation is 2. The highest BCUT2D eigenvalue weighted by atomic mass is 16.3. The van der Waals surface area contributed by atoms with Crippen molar-refractivity contribution in [2.75, 3.05) is 0 Å². The van der Waals surface area contributed by atoms with Gasteiger partial charge in [-0.1, -0.05) is 30.3 Å². The van der Waals surface area contributed by atoms with Gasteiger partial charge in [0.15, 0.2) is 0 Å². The third-order valence-corrected chi connectivity index (χ3v) is 3.21. The molecule has 89 valence electrons. The lowest BCUT2D eigenvalue weighted by Crippen LogP contribution is -1.88. The second kappa shape index (κ2) is 4.34. The van der Waals surface area contributed by atoms with Crippen LogP contribution >= 0.6 is 0 Å². The Morgan fingerprint density at radius 2 is 1.89 bits per heavy atom. The molecule has 18 heavy (non-hydrogen) atoms. The first-order valence-electron chi connectivity index (χ1n) is 6.17. The van der Waals surface area contributed by atoms with E-state index in [9.17, 15) is 0 Å². The molecular formula is C17H15O. The minimum Gasteiger partial charge on any atom is -0.464 e. The molecule has 1 aromatic rings. The summed E-state index contributed by atoms with van der Waals surface area (Å²) in [7, 11) is 0. The maximum Gasteiger partial charge on any atom is 0.137 e. The number of benzene rings is 1. The summed E-state index contributed by atoms with van der Waals surface area (Å²) in [5.74, 6) is 0.964. The molecule has 1 heterocycles. The van der Waals surface area contributed by atoms with Crippen molar-refractivity contribution in [3.63, 3.8) is 0 Å². The van der Waals surface area contributed by atoms with Gasteiger partial charge < -0.3 is 4.42 Å². The largest absolute Gasteiger partial charge is 0.464 e. The van der Waals surface area contributed by atoms with E-state index in [2.05, 4.69) is 50.2 Å². The monoisotopic (exact) mass is 235 g/mol. The van der Waals surface area contributed by atoms with Gasteiger partial charge >= 0.3 is 0 Å². The average Bonchev–Trinajstić information content (AvgIpc) is 2.67. The van der Waals surface area contributed by atoms with Crippen LogP contribution in [0.25, 0.3) is 11.3 Å². The summed E-state index contributed by atoms with van der Waals surface area (Å²) >= 11 is 0. The molecule has 0 amide bonds. The van der Waals surface area contributed by atoms with Crippen molar-refractivity contribution in [3.05, 3.63) is 71.0 Å². The maximum absolute atomic E-state index is 5.66. The predicted molar refractivity (Wildman–Crippen MR) is 72.9 cm³/mol. The Morgan fingerprint density at radius 3 is 2.67 bits per heavy atom. The molecule has 0 N–H and O–H groups in total. The molecule has 1 radical (unpaired) electrons. The van der Waals surface area contributed by atoms with E-state index in [1.165, 1.54) is 16.7 Å². The van der Waals surface area contributed by atoms with Gasteiger partial charge in [-0.2, -0.15) is 0 Å². The molecule has 0 bridgehead atoms. The summed E-state index contributed by atoms with van der Waals surface area (Å²) in [6.45, 7) is 4.10. The molecule has 0 saturated carbocycles. The summed E-state index contributed by atoms with van der Waals surface area (Å²) in [6, 6.07) is 16.1. The van der Waals surface area contributed by atoms with Gasteiger partial charge in [-0.15, -0.1) is 0 Å². The minimum absolute atomic E-state index is 0.907. The van der Waals surface area contributed by atoms with E-state index in [4.69, 9.17) is 4.42 Å². The van der Waals surface area contributed by atoms with Gasteiger partial charge in [-0.25, -0.2) is 0 Å². The van der Waals surface area contributed by atoms with Crippen LogP contribution < -0.4 is 0 Å². The Kier molecular flexibility index (Phi) is 2.67. The van der Waals surface area contributed by atoms with Gasteiger partial charge in [-0.3, -0.25) is 0 Å². The van der Waals surface area contributed by atoms with E-state index in [0.717, 1.165) is 23.3 Å². The molecule has 0 aromatic heterocycles. The fourth-order valence-electron chi connectivity index (χ4n) is 2.35. The smallest absolute Gasteiger partial charge is 0.137 e. The van der Waals surface area contributed by atoms with E-state index in [0.29, 0.717) is 0 Å². The van der Waals surface area contributed by atoms with Crippen LogP contribution in [0.5, 0.6) is 0 Å². The summed E-state index contributed by atoms with van der Waals surface area (Å²) in [4.78, 5) is 0. The van der Waals surface area contributed by atoms with Crippen molar-refractivity contribution in [1.29, 1.82) is 0 Å². The highest BCUT2D eigenvalue weighted by Gasteiger charge is 2.16. The Morgan fingerprint density at radius 1 is 1.11 bits per heavy atom. The highest BCUT2D eigenvalue weighted by Crippen LogP contribution is 2.33. The lowest BCUT2D eigenvalue weighted by atomic mass is 10.0. The fraction of sp³-hybridized carbons (Fsp3) is 0.176. The number of hydrogen-bond acceptors (Lipinski definition) is 1. The van der Waals surface area contributed by atoms with Gasteiger partial charge in [-0.05, 0) is 49.1 Å². The Bertz CT molecular complexity index is 634. The third kappa shape index (κ3) is 1.92. The van der Waals surface area contributed by atoms with Gasteiger partial charge in [0.05, 0.1) is 6.26 Å². The van der Waals surface area contributed by atoms with Crippen molar-refractivity contribution in [1.82, 2.24) is 0 Å². The number of hydrogen-bond donors (Lipinski definition) is 0. The van der Waals surface area contributed by atoms with Crippen LogP contribution in [-0.2, 0) is 6.42 Å². The zero-order valence-corrected chi connectivity index (χ0v) is 10.7. The highest BCUT2D eigenvalue weighted by molar-refractivity contribution is 5.70. The first-order chi connectivity index (χ1) is 8.74. The molecular weight excluding hydrogens is 220 g/mol. The lowest BCUT2D eigenvalue weighted by molar-refractivity contribution is 0.559. The normalized spacial score (nSPS) is 11.0. The van der Waals surface area contributed by atoms with Gasteiger partial charge in [0, 0.05) is 11.1 Å². The van der Waals surface area contributed by atoms with Gasteiger partial charge in [0.25, 0.3) is 0 Å². The quantitative estimate of drug-likeness (QED) is 0.642. The Hall–Kier alpha value is -2.02. The van der Waals surface area contributed by atoms with Gasteiger partial charge in [0.2, 0.25) is 0 Å². The average molecular weight is 235 g/mol. The van der Waals surface area contributed by atoms with Crippen LogP contribution in [0.4, 0.5) is 0 Å². The zero-order valence-electron chi connectivity index (χ0n) is 10.7. The Balaban J connectivity index is 2.05. The molecule has 3 rings (SSSR count). The third-order valence-electron chi connectivity index (χ3n) is 3.21. The molecule has 2 aliphatic rings. The summed E-state index contributed by atoms with van der Waals surface area (Å²) in [5.41, 5.74) is 5.96. The zero-order chi connectivity index (χ0) is 12.5. The van der Waals surface area contributed by atoms with Crippen molar-refractivity contribution in [2.24, 2.45) is 0 Å². The van der Waals surface area contributed by atoms with Crippen LogP contribution in [0.2, 0.25) is 0 Å². The van der Waals surface area contributed by atoms with Crippen molar-refractivity contribution < 1.29 is 4.42 Å². The van der Waals surface area contributed by atoms with E-state index in [1.807, 2.05) is 6.07 Å². The van der Waals surface area contributed by atoms with Crippen LogP contribution in [0.1, 0.15) is 22.3 Å². The molecule has 0 spiro atoms. The standard InChI is InChI=1S/C17H15O/c1-12-8-16-15(9-13(2)17(16)18-11-12)10-14-6-4-3-5-7-14/h3-8,11H,10H2,1-2H3. The maximum atomic E-state index is 5.66. The summed E-state index contributed by atoms with van der Waals surface area (Å²) in [5, 5.41) is 0. The van der Waals surface area contributed by atoms with E-state index in [-0.39, 0.29) is 0 Å². The molecule has 1 aromatic carbocycles. The molecule has 1 heteroatoms. The second-order valence-corrected chi connectivity index (χ2v) is 4.76. The van der Waals surface area contributed by atoms with Crippen LogP contribution in [0.15, 0.2) is 47.1 Å². The van der Waals surface area contributed by atoms with Crippen LogP contribution in [0.3, 0.4) is 0 Å². The fourth-order valence-corrected chi connectivity index (χ4v) is 2.35. The lowest BCUT2D eigenvalue weighted by Gasteiger charge is -2.05. The predicted octanol–water partition coefficient (Wildman–Crippen LogP) is 4.39. The molecule has 1 nitrogen and oxygen atoms in total. The first kappa shape index (κ1) is 11.1. The second-order valence-electron chi connectivity index (χ2n) is 4.76. The SMILES string of the molecule is Cc1coc2c(C)[c]c(Cc3ccccc3)c-2c1. The first-order valence-corrected chi connectivity index (χ1v) is 6.17. The van der Waals surface area contributed by atoms with Gasteiger partial charge in [0.1, 0.15) is 5.76 Å². The number of fused-ring (bicyclic) bond motifs is 1.